The molecule has 1 radical (unpaired) electrons. The van der Waals surface area contributed by atoms with E-state index in [1.165, 1.54) is 0 Å². The van der Waals surface area contributed by atoms with Crippen LogP contribution < -0.4 is 16.0 Å². The van der Waals surface area contributed by atoms with Crippen LogP contribution in [0.15, 0.2) is 0 Å². The Morgan fingerprint density at radius 2 is 2.08 bits per heavy atom. The van der Waals surface area contributed by atoms with E-state index < -0.39 is 10.7 Å². The Hall–Kier alpha value is -1.44. The van der Waals surface area contributed by atoms with Crippen molar-refractivity contribution in [2.24, 2.45) is 0 Å². The maximum atomic E-state index is 12.9. The zero-order valence-electron chi connectivity index (χ0n) is 13.8. The molecular formula is C16H26N3O4S. The fraction of sp³-hybridized carbons (Fsp3) is 0.750. The Labute approximate surface area is 146 Å². The quantitative estimate of drug-likeness (QED) is 0.348. The van der Waals surface area contributed by atoms with Crippen molar-refractivity contribution in [3.8, 4) is 0 Å². The lowest BCUT2D eigenvalue weighted by Gasteiger charge is -2.32. The van der Waals surface area contributed by atoms with Gasteiger partial charge in [0.05, 0.1) is 12.1 Å². The van der Waals surface area contributed by atoms with E-state index in [9.17, 15) is 14.4 Å². The molecule has 4 N–H and O–H groups in total. The lowest BCUT2D eigenvalue weighted by Crippen LogP contribution is -2.56. The van der Waals surface area contributed by atoms with Crippen LogP contribution in [0.4, 0.5) is 4.79 Å². The summed E-state index contributed by atoms with van der Waals surface area (Å²) in [5.74, 6) is -0.188. The lowest BCUT2D eigenvalue weighted by molar-refractivity contribution is -0.137. The zero-order valence-corrected chi connectivity index (χ0v) is 14.6. The summed E-state index contributed by atoms with van der Waals surface area (Å²) in [5.41, 5.74) is 0. The fourth-order valence-electron chi connectivity index (χ4n) is 3.31. The van der Waals surface area contributed by atoms with E-state index >= 15 is 0 Å². The van der Waals surface area contributed by atoms with E-state index in [4.69, 9.17) is 5.11 Å². The molecule has 7 nitrogen and oxygen atoms in total. The number of carboxylic acid groups (broad SMARTS) is 1. The smallest absolute Gasteiger partial charge is 0.315 e. The first-order valence-corrected chi connectivity index (χ1v) is 9.48. The van der Waals surface area contributed by atoms with Crippen LogP contribution >= 0.6 is 11.8 Å². The van der Waals surface area contributed by atoms with Crippen molar-refractivity contribution in [1.29, 1.82) is 0 Å². The van der Waals surface area contributed by atoms with Crippen molar-refractivity contribution in [2.75, 3.05) is 12.3 Å². The first kappa shape index (κ1) is 18.9. The number of amides is 3. The van der Waals surface area contributed by atoms with Crippen molar-refractivity contribution in [3.05, 3.63) is 6.92 Å². The normalized spacial score (nSPS) is 28.1. The molecule has 2 saturated heterocycles. The second-order valence-corrected chi connectivity index (χ2v) is 7.67. The molecule has 0 aromatic rings. The van der Waals surface area contributed by atoms with Gasteiger partial charge in [-0.15, -0.1) is 11.8 Å². The molecule has 2 rings (SSSR count). The molecule has 0 aliphatic carbocycles. The first-order chi connectivity index (χ1) is 11.5. The minimum Gasteiger partial charge on any atom is -0.481 e. The summed E-state index contributed by atoms with van der Waals surface area (Å²) >= 11 is 1.57. The fourth-order valence-corrected chi connectivity index (χ4v) is 4.96. The van der Waals surface area contributed by atoms with Crippen LogP contribution in [0.3, 0.4) is 0 Å². The van der Waals surface area contributed by atoms with E-state index in [2.05, 4.69) is 22.9 Å². The van der Waals surface area contributed by atoms with E-state index in [0.717, 1.165) is 19.3 Å². The zero-order chi connectivity index (χ0) is 17.6. The van der Waals surface area contributed by atoms with E-state index in [-0.39, 0.29) is 30.4 Å². The summed E-state index contributed by atoms with van der Waals surface area (Å²) in [6.45, 7) is 4.39. The minimum atomic E-state index is -0.825. The molecule has 3 atom stereocenters. The number of carbonyl (C=O) groups excluding carboxylic acids is 2. The van der Waals surface area contributed by atoms with Gasteiger partial charge in [0.25, 0.3) is 0 Å². The third-order valence-corrected chi connectivity index (χ3v) is 6.25. The highest BCUT2D eigenvalue weighted by atomic mass is 32.2. The molecular weight excluding hydrogens is 330 g/mol. The molecule has 8 heteroatoms. The maximum Gasteiger partial charge on any atom is 0.315 e. The van der Waals surface area contributed by atoms with Crippen molar-refractivity contribution in [1.82, 2.24) is 16.0 Å². The third kappa shape index (κ3) is 4.34. The van der Waals surface area contributed by atoms with Gasteiger partial charge < -0.3 is 21.1 Å². The number of carboxylic acids is 1. The summed E-state index contributed by atoms with van der Waals surface area (Å²) in [6, 6.07) is -0.523. The predicted molar refractivity (Wildman–Crippen MR) is 92.8 cm³/mol. The second kappa shape index (κ2) is 8.60. The van der Waals surface area contributed by atoms with Gasteiger partial charge in [-0.3, -0.25) is 9.59 Å². The molecule has 2 heterocycles. The van der Waals surface area contributed by atoms with Crippen molar-refractivity contribution in [3.63, 3.8) is 0 Å². The number of unbranched alkanes of at least 4 members (excludes halogenated alkanes) is 3. The van der Waals surface area contributed by atoms with E-state index in [1.807, 2.05) is 0 Å². The van der Waals surface area contributed by atoms with Gasteiger partial charge >= 0.3 is 12.0 Å². The van der Waals surface area contributed by atoms with Crippen LogP contribution in [-0.2, 0) is 9.59 Å². The Bertz CT molecular complexity index is 488. The molecule has 0 aromatic carbocycles. The summed E-state index contributed by atoms with van der Waals surface area (Å²) < 4.78 is -0.715. The largest absolute Gasteiger partial charge is 0.481 e. The Morgan fingerprint density at radius 3 is 2.79 bits per heavy atom. The lowest BCUT2D eigenvalue weighted by atomic mass is 9.88. The van der Waals surface area contributed by atoms with Gasteiger partial charge in [-0.1, -0.05) is 26.2 Å². The topological polar surface area (TPSA) is 108 Å². The number of carbonyl (C=O) groups is 3. The molecule has 135 valence electrons. The molecule has 3 amide bonds. The molecule has 2 aliphatic rings. The highest BCUT2D eigenvalue weighted by Crippen LogP contribution is 2.44. The van der Waals surface area contributed by atoms with E-state index in [1.54, 1.807) is 11.8 Å². The molecule has 0 saturated carbocycles. The summed E-state index contributed by atoms with van der Waals surface area (Å²) in [7, 11) is 0. The highest BCUT2D eigenvalue weighted by Gasteiger charge is 2.57. The number of aliphatic carboxylic acids is 1. The summed E-state index contributed by atoms with van der Waals surface area (Å²) in [4.78, 5) is 35.2. The Kier molecular flexibility index (Phi) is 6.77. The number of thioether (sulfide) groups is 1. The minimum absolute atomic E-state index is 0.0486. The molecule has 0 bridgehead atoms. The summed E-state index contributed by atoms with van der Waals surface area (Å²) in [6.07, 6.45) is 4.53. The maximum absolute atomic E-state index is 12.9. The molecule has 0 unspecified atom stereocenters. The molecule has 24 heavy (non-hydrogen) atoms. The standard InChI is InChI=1S/C16H26N3O4S/c1-2-3-6-9-17-14(22)16(8-5-4-7-12(20)21)13-11(10-24-16)18-15(23)19-13/h11,13H,1-10H2,(H,17,22)(H,20,21)(H2,18,19,23)/t11-,13-,16-/m0/s1. The number of urea groups is 1. The van der Waals surface area contributed by atoms with Crippen LogP contribution in [0.1, 0.15) is 44.9 Å². The molecule has 2 fully saturated rings. The van der Waals surface area contributed by atoms with Crippen LogP contribution in [-0.4, -0.2) is 52.1 Å². The van der Waals surface area contributed by atoms with Crippen LogP contribution in [0.2, 0.25) is 0 Å². The van der Waals surface area contributed by atoms with Crippen molar-refractivity contribution in [2.45, 2.75) is 61.8 Å². The monoisotopic (exact) mass is 356 g/mol. The number of hydrogen-bond donors (Lipinski definition) is 4. The SMILES string of the molecule is [CH2]CCCCNC(=O)[C@@]1(CCCCC(=O)O)SC[C@@H]2NC(=O)N[C@@H]21. The van der Waals surface area contributed by atoms with Crippen LogP contribution in [0.5, 0.6) is 0 Å². The van der Waals surface area contributed by atoms with Crippen LogP contribution in [0, 0.1) is 6.92 Å². The Morgan fingerprint density at radius 1 is 1.29 bits per heavy atom. The Balaban J connectivity index is 1.99. The van der Waals surface area contributed by atoms with Crippen molar-refractivity contribution < 1.29 is 19.5 Å². The number of fused-ring (bicyclic) bond motifs is 1. The molecule has 0 aromatic heterocycles. The number of nitrogens with one attached hydrogen (secondary N) is 3. The number of hydrogen-bond acceptors (Lipinski definition) is 4. The van der Waals surface area contributed by atoms with Gasteiger partial charge in [0.15, 0.2) is 0 Å². The van der Waals surface area contributed by atoms with Gasteiger partial charge in [-0.25, -0.2) is 4.79 Å². The van der Waals surface area contributed by atoms with Gasteiger partial charge in [-0.05, 0) is 19.3 Å². The summed E-state index contributed by atoms with van der Waals surface area (Å²) in [5, 5.41) is 17.5. The van der Waals surface area contributed by atoms with Gasteiger partial charge in [0, 0.05) is 18.7 Å². The average Bonchev–Trinajstić information content (AvgIpc) is 3.06. The van der Waals surface area contributed by atoms with Gasteiger partial charge in [0.1, 0.15) is 4.75 Å². The van der Waals surface area contributed by atoms with Gasteiger partial charge in [0.2, 0.25) is 5.91 Å². The first-order valence-electron chi connectivity index (χ1n) is 8.50. The van der Waals surface area contributed by atoms with Crippen molar-refractivity contribution >= 4 is 29.7 Å². The molecule has 2 aliphatic heterocycles. The average molecular weight is 356 g/mol. The van der Waals surface area contributed by atoms with Gasteiger partial charge in [-0.2, -0.15) is 0 Å². The second-order valence-electron chi connectivity index (χ2n) is 6.32. The number of rotatable bonds is 10. The third-order valence-electron chi connectivity index (χ3n) is 4.56. The molecule has 0 spiro atoms. The highest BCUT2D eigenvalue weighted by molar-refractivity contribution is 8.01. The van der Waals surface area contributed by atoms with E-state index in [0.29, 0.717) is 31.6 Å². The predicted octanol–water partition coefficient (Wildman–Crippen LogP) is 1.29. The van der Waals surface area contributed by atoms with Crippen LogP contribution in [0.25, 0.3) is 0 Å².